The van der Waals surface area contributed by atoms with Crippen molar-refractivity contribution in [1.29, 1.82) is 0 Å². The van der Waals surface area contributed by atoms with E-state index < -0.39 is 5.91 Å². The number of hydrogen-bond acceptors (Lipinski definition) is 4. The molecule has 0 unspecified atom stereocenters. The first-order chi connectivity index (χ1) is 9.93. The van der Waals surface area contributed by atoms with E-state index in [0.29, 0.717) is 24.8 Å². The summed E-state index contributed by atoms with van der Waals surface area (Å²) in [6, 6.07) is 3.29. The maximum Gasteiger partial charge on any atom is 0.271 e. The number of halogens is 1. The van der Waals surface area contributed by atoms with Gasteiger partial charge in [0.1, 0.15) is 11.5 Å². The number of carbonyl (C=O) groups is 2. The van der Waals surface area contributed by atoms with Crippen LogP contribution in [0.4, 0.5) is 5.82 Å². The lowest BCUT2D eigenvalue weighted by Crippen LogP contribution is -2.38. The van der Waals surface area contributed by atoms with E-state index in [9.17, 15) is 9.59 Å². The van der Waals surface area contributed by atoms with Gasteiger partial charge in [-0.15, -0.1) is 0 Å². The summed E-state index contributed by atoms with van der Waals surface area (Å²) in [6.45, 7) is 7.07. The molecule has 0 fully saturated rings. The van der Waals surface area contributed by atoms with Gasteiger partial charge < -0.3 is 16.0 Å². The fourth-order valence-electron chi connectivity index (χ4n) is 1.51. The highest BCUT2D eigenvalue weighted by molar-refractivity contribution is 6.33. The molecule has 0 saturated carbocycles. The first-order valence-corrected chi connectivity index (χ1v) is 7.27. The van der Waals surface area contributed by atoms with Gasteiger partial charge in [0.25, 0.3) is 5.91 Å². The van der Waals surface area contributed by atoms with Gasteiger partial charge in [0, 0.05) is 13.1 Å². The largest absolute Gasteiger partial charge is 0.370 e. The van der Waals surface area contributed by atoms with Crippen molar-refractivity contribution in [2.45, 2.75) is 20.8 Å². The van der Waals surface area contributed by atoms with Crippen LogP contribution in [0.3, 0.4) is 0 Å². The molecule has 1 aromatic rings. The highest BCUT2D eigenvalue weighted by Crippen LogP contribution is 2.16. The molecule has 6 nitrogen and oxygen atoms in total. The second-order valence-corrected chi connectivity index (χ2v) is 5.35. The first kappa shape index (κ1) is 17.2. The highest BCUT2D eigenvalue weighted by Gasteiger charge is 2.14. The predicted molar refractivity (Wildman–Crippen MR) is 83.6 cm³/mol. The molecule has 1 heterocycles. The molecule has 1 rings (SSSR count). The van der Waals surface area contributed by atoms with E-state index in [2.05, 4.69) is 20.9 Å². The van der Waals surface area contributed by atoms with Crippen LogP contribution in [0.5, 0.6) is 0 Å². The highest BCUT2D eigenvalue weighted by atomic mass is 35.5. The van der Waals surface area contributed by atoms with Gasteiger partial charge in [-0.1, -0.05) is 25.4 Å². The van der Waals surface area contributed by atoms with Crippen LogP contribution in [0.15, 0.2) is 12.1 Å². The monoisotopic (exact) mass is 312 g/mol. The third-order valence-corrected chi connectivity index (χ3v) is 2.84. The molecule has 116 valence electrons. The topological polar surface area (TPSA) is 83.1 Å². The Labute approximate surface area is 129 Å². The lowest BCUT2D eigenvalue weighted by molar-refractivity contribution is -0.120. The summed E-state index contributed by atoms with van der Waals surface area (Å²) >= 11 is 5.96. The zero-order valence-corrected chi connectivity index (χ0v) is 13.3. The molecule has 0 atom stereocenters. The van der Waals surface area contributed by atoms with Crippen molar-refractivity contribution in [3.63, 3.8) is 0 Å². The van der Waals surface area contributed by atoms with Gasteiger partial charge in [0.15, 0.2) is 0 Å². The summed E-state index contributed by atoms with van der Waals surface area (Å²) in [6.07, 6.45) is 0. The Kier molecular flexibility index (Phi) is 6.94. The minimum atomic E-state index is -0.473. The number of hydrogen-bond donors (Lipinski definition) is 3. The summed E-state index contributed by atoms with van der Waals surface area (Å²) < 4.78 is 0. The standard InChI is InChI=1S/C14H21ClN4O2/c1-4-16-11-6-5-10(15)13(19-11)14(21)18-8-12(20)17-7-9(2)3/h5-6,9H,4,7-8H2,1-3H3,(H,16,19)(H,17,20)(H,18,21). The van der Waals surface area contributed by atoms with Crippen molar-refractivity contribution < 1.29 is 9.59 Å². The van der Waals surface area contributed by atoms with Gasteiger partial charge in [-0.05, 0) is 25.0 Å². The second-order valence-electron chi connectivity index (χ2n) is 4.94. The number of carbonyl (C=O) groups excluding carboxylic acids is 2. The molecule has 0 spiro atoms. The van der Waals surface area contributed by atoms with Crippen LogP contribution in [0.1, 0.15) is 31.3 Å². The van der Waals surface area contributed by atoms with Crippen molar-refractivity contribution in [3.8, 4) is 0 Å². The van der Waals surface area contributed by atoms with E-state index in [-0.39, 0.29) is 23.2 Å². The average Bonchev–Trinajstić information content (AvgIpc) is 2.44. The third kappa shape index (κ3) is 5.99. The number of pyridine rings is 1. The lowest BCUT2D eigenvalue weighted by atomic mass is 10.2. The molecule has 0 aliphatic heterocycles. The SMILES string of the molecule is CCNc1ccc(Cl)c(C(=O)NCC(=O)NCC(C)C)n1. The van der Waals surface area contributed by atoms with Crippen LogP contribution >= 0.6 is 11.6 Å². The van der Waals surface area contributed by atoms with Gasteiger partial charge in [-0.2, -0.15) is 0 Å². The maximum atomic E-state index is 12.0. The molecule has 0 radical (unpaired) electrons. The zero-order valence-electron chi connectivity index (χ0n) is 12.5. The molecular formula is C14H21ClN4O2. The van der Waals surface area contributed by atoms with Crippen molar-refractivity contribution in [3.05, 3.63) is 22.8 Å². The van der Waals surface area contributed by atoms with E-state index in [4.69, 9.17) is 11.6 Å². The van der Waals surface area contributed by atoms with Gasteiger partial charge >= 0.3 is 0 Å². The molecule has 7 heteroatoms. The molecule has 0 bridgehead atoms. The molecular weight excluding hydrogens is 292 g/mol. The zero-order chi connectivity index (χ0) is 15.8. The lowest BCUT2D eigenvalue weighted by Gasteiger charge is -2.10. The molecule has 0 aliphatic rings. The average molecular weight is 313 g/mol. The Hall–Kier alpha value is -1.82. The third-order valence-electron chi connectivity index (χ3n) is 2.54. The Morgan fingerprint density at radius 1 is 1.29 bits per heavy atom. The van der Waals surface area contributed by atoms with E-state index in [0.717, 1.165) is 0 Å². The smallest absolute Gasteiger partial charge is 0.271 e. The summed E-state index contributed by atoms with van der Waals surface area (Å²) in [4.78, 5) is 27.7. The van der Waals surface area contributed by atoms with E-state index >= 15 is 0 Å². The van der Waals surface area contributed by atoms with E-state index in [1.807, 2.05) is 20.8 Å². The number of anilines is 1. The van der Waals surface area contributed by atoms with Gasteiger partial charge in [0.2, 0.25) is 5.91 Å². The maximum absolute atomic E-state index is 12.0. The molecule has 0 aromatic carbocycles. The number of nitrogens with zero attached hydrogens (tertiary/aromatic N) is 1. The molecule has 3 N–H and O–H groups in total. The van der Waals surface area contributed by atoms with Crippen LogP contribution in [0, 0.1) is 5.92 Å². The Morgan fingerprint density at radius 3 is 2.62 bits per heavy atom. The predicted octanol–water partition coefficient (Wildman–Crippen LogP) is 1.67. The summed E-state index contributed by atoms with van der Waals surface area (Å²) in [5, 5.41) is 8.47. The summed E-state index contributed by atoms with van der Waals surface area (Å²) in [7, 11) is 0. The Bertz CT molecular complexity index is 506. The van der Waals surface area contributed by atoms with Gasteiger partial charge in [-0.3, -0.25) is 9.59 Å². The number of nitrogens with one attached hydrogen (secondary N) is 3. The molecule has 0 saturated heterocycles. The normalized spacial score (nSPS) is 10.3. The van der Waals surface area contributed by atoms with Crippen molar-refractivity contribution in [1.82, 2.24) is 15.6 Å². The molecule has 0 aliphatic carbocycles. The fraction of sp³-hybridized carbons (Fsp3) is 0.500. The van der Waals surface area contributed by atoms with E-state index in [1.165, 1.54) is 0 Å². The number of rotatable bonds is 7. The van der Waals surface area contributed by atoms with Crippen molar-refractivity contribution in [2.24, 2.45) is 5.92 Å². The summed E-state index contributed by atoms with van der Waals surface area (Å²) in [5.41, 5.74) is 0.103. The van der Waals surface area contributed by atoms with Crippen molar-refractivity contribution >= 4 is 29.2 Å². The van der Waals surface area contributed by atoms with Crippen LogP contribution in [0.25, 0.3) is 0 Å². The van der Waals surface area contributed by atoms with Crippen LogP contribution in [-0.2, 0) is 4.79 Å². The van der Waals surface area contributed by atoms with Crippen molar-refractivity contribution in [2.75, 3.05) is 25.0 Å². The first-order valence-electron chi connectivity index (χ1n) is 6.89. The van der Waals surface area contributed by atoms with Crippen LogP contribution in [-0.4, -0.2) is 36.4 Å². The molecule has 21 heavy (non-hydrogen) atoms. The molecule has 2 amide bonds. The minimum absolute atomic E-state index is 0.102. The van der Waals surface area contributed by atoms with Crippen LogP contribution in [0.2, 0.25) is 5.02 Å². The van der Waals surface area contributed by atoms with E-state index in [1.54, 1.807) is 12.1 Å². The quantitative estimate of drug-likeness (QED) is 0.715. The van der Waals surface area contributed by atoms with Crippen LogP contribution < -0.4 is 16.0 Å². The second kappa shape index (κ2) is 8.46. The fourth-order valence-corrected chi connectivity index (χ4v) is 1.70. The van der Waals surface area contributed by atoms with Gasteiger partial charge in [-0.25, -0.2) is 4.98 Å². The summed E-state index contributed by atoms with van der Waals surface area (Å²) in [5.74, 6) is 0.212. The number of amides is 2. The number of aromatic nitrogens is 1. The van der Waals surface area contributed by atoms with Gasteiger partial charge in [0.05, 0.1) is 11.6 Å². The minimum Gasteiger partial charge on any atom is -0.370 e. The Morgan fingerprint density at radius 2 is 2.00 bits per heavy atom. The molecule has 1 aromatic heterocycles. The Balaban J connectivity index is 2.59.